The highest BCUT2D eigenvalue weighted by Crippen LogP contribution is 2.36. The maximum atomic E-state index is 13.5. The molecule has 1 aliphatic rings. The number of nitrogens with one attached hydrogen (secondary N) is 1. The first kappa shape index (κ1) is 24.5. The van der Waals surface area contributed by atoms with Crippen molar-refractivity contribution in [3.63, 3.8) is 0 Å². The van der Waals surface area contributed by atoms with Gasteiger partial charge >= 0.3 is 0 Å². The summed E-state index contributed by atoms with van der Waals surface area (Å²) in [4.78, 5) is 10.9. The predicted octanol–water partition coefficient (Wildman–Crippen LogP) is 4.71. The number of hydrogen-bond donors (Lipinski definition) is 1. The molecular weight excluding hydrogens is 479 g/mol. The molecule has 4 rings (SSSR count). The van der Waals surface area contributed by atoms with Crippen LogP contribution in [0.3, 0.4) is 0 Å². The molecule has 0 radical (unpaired) electrons. The molecule has 0 aliphatic carbocycles. The SMILES string of the molecule is C=S(C)(=O)C(C)N1CCC(Oc2cc3c(Nc4ccc(F)c(Cl)c4)ncnc3cc2OC)CC1. The molecule has 1 aliphatic heterocycles. The Labute approximate surface area is 204 Å². The molecule has 1 aromatic heterocycles. The van der Waals surface area contributed by atoms with Crippen LogP contribution in [-0.2, 0) is 9.52 Å². The number of likely N-dealkylation sites (tertiary alicyclic amines) is 1. The average molecular weight is 507 g/mol. The third-order valence-electron chi connectivity index (χ3n) is 6.11. The summed E-state index contributed by atoms with van der Waals surface area (Å²) in [6.07, 6.45) is 4.73. The molecule has 0 bridgehead atoms. The van der Waals surface area contributed by atoms with Crippen molar-refractivity contribution in [3.8, 4) is 11.5 Å². The summed E-state index contributed by atoms with van der Waals surface area (Å²) in [6.45, 7) is 3.53. The Balaban J connectivity index is 1.57. The number of benzene rings is 2. The van der Waals surface area contributed by atoms with Crippen LogP contribution in [0.25, 0.3) is 10.9 Å². The molecule has 34 heavy (non-hydrogen) atoms. The zero-order valence-corrected chi connectivity index (χ0v) is 21.0. The van der Waals surface area contributed by atoms with Crippen LogP contribution in [0.4, 0.5) is 15.9 Å². The van der Waals surface area contributed by atoms with Gasteiger partial charge in [0.2, 0.25) is 0 Å². The quantitative estimate of drug-likeness (QED) is 0.465. The first-order chi connectivity index (χ1) is 16.2. The fourth-order valence-corrected chi connectivity index (χ4v) is 5.00. The van der Waals surface area contributed by atoms with Crippen molar-refractivity contribution < 1.29 is 18.1 Å². The van der Waals surface area contributed by atoms with Crippen LogP contribution < -0.4 is 14.8 Å². The number of hydrogen-bond acceptors (Lipinski definition) is 7. The molecule has 10 heteroatoms. The highest BCUT2D eigenvalue weighted by Gasteiger charge is 2.27. The van der Waals surface area contributed by atoms with Crippen LogP contribution in [-0.4, -0.2) is 62.9 Å². The number of piperidine rings is 1. The lowest BCUT2D eigenvalue weighted by Gasteiger charge is -2.36. The number of anilines is 2. The number of nitrogens with zero attached hydrogens (tertiary/aromatic N) is 3. The van der Waals surface area contributed by atoms with Gasteiger partial charge in [0.1, 0.15) is 24.1 Å². The minimum absolute atomic E-state index is 0.00975. The Hall–Kier alpha value is -2.62. The number of fused-ring (bicyclic) bond motifs is 1. The Morgan fingerprint density at radius 3 is 2.62 bits per heavy atom. The lowest BCUT2D eigenvalue weighted by molar-refractivity contribution is 0.0944. The zero-order valence-electron chi connectivity index (χ0n) is 19.4. The average Bonchev–Trinajstić information content (AvgIpc) is 2.81. The summed E-state index contributed by atoms with van der Waals surface area (Å²) >= 11 is 5.92. The van der Waals surface area contributed by atoms with Crippen molar-refractivity contribution in [1.82, 2.24) is 14.9 Å². The minimum Gasteiger partial charge on any atom is -0.493 e. The van der Waals surface area contributed by atoms with Crippen LogP contribution >= 0.6 is 11.6 Å². The molecule has 2 heterocycles. The van der Waals surface area contributed by atoms with Gasteiger partial charge in [-0.25, -0.2) is 14.4 Å². The zero-order chi connectivity index (χ0) is 24.5. The summed E-state index contributed by atoms with van der Waals surface area (Å²) in [7, 11) is -0.546. The van der Waals surface area contributed by atoms with Gasteiger partial charge < -0.3 is 14.8 Å². The summed E-state index contributed by atoms with van der Waals surface area (Å²) in [6, 6.07) is 8.05. The fourth-order valence-electron chi connectivity index (χ4n) is 3.98. The Bertz CT molecular complexity index is 1300. The summed E-state index contributed by atoms with van der Waals surface area (Å²) in [5.41, 5.74) is 1.27. The van der Waals surface area contributed by atoms with Crippen LogP contribution in [0.1, 0.15) is 19.8 Å². The van der Waals surface area contributed by atoms with Crippen molar-refractivity contribution in [1.29, 1.82) is 0 Å². The van der Waals surface area contributed by atoms with E-state index in [1.54, 1.807) is 25.5 Å². The van der Waals surface area contributed by atoms with Gasteiger partial charge in [-0.15, -0.1) is 0 Å². The molecular formula is C24H28ClFN4O3S. The smallest absolute Gasteiger partial charge is 0.162 e. The molecule has 2 aromatic carbocycles. The lowest BCUT2D eigenvalue weighted by atomic mass is 10.1. The Morgan fingerprint density at radius 1 is 1.24 bits per heavy atom. The normalized spacial score (nSPS) is 17.8. The monoisotopic (exact) mass is 506 g/mol. The van der Waals surface area contributed by atoms with Gasteiger partial charge in [0, 0.05) is 36.5 Å². The van der Waals surface area contributed by atoms with E-state index in [-0.39, 0.29) is 16.5 Å². The summed E-state index contributed by atoms with van der Waals surface area (Å²) < 4.78 is 37.8. The number of rotatable bonds is 7. The summed E-state index contributed by atoms with van der Waals surface area (Å²) in [5, 5.41) is 3.85. The standard InChI is InChI=1S/C24H28ClFN4O3S/c1-15(34(3,4)31)30-9-7-17(8-10-30)33-23-12-18-21(13-22(23)32-2)27-14-28-24(18)29-16-5-6-20(26)19(25)11-16/h5-6,11-15,17H,3,7-10H2,1-2,4H3,(H,27,28,29). The lowest BCUT2D eigenvalue weighted by Crippen LogP contribution is -2.45. The van der Waals surface area contributed by atoms with E-state index in [1.165, 1.54) is 18.5 Å². The van der Waals surface area contributed by atoms with Crippen molar-refractivity contribution in [2.45, 2.75) is 31.2 Å². The van der Waals surface area contributed by atoms with E-state index in [0.717, 1.165) is 31.3 Å². The molecule has 0 spiro atoms. The molecule has 1 N–H and O–H groups in total. The van der Waals surface area contributed by atoms with Gasteiger partial charge in [-0.2, -0.15) is 0 Å². The maximum absolute atomic E-state index is 13.5. The van der Waals surface area contributed by atoms with Gasteiger partial charge in [0.15, 0.2) is 11.5 Å². The molecule has 1 saturated heterocycles. The largest absolute Gasteiger partial charge is 0.493 e. The first-order valence-electron chi connectivity index (χ1n) is 10.9. The van der Waals surface area contributed by atoms with E-state index in [0.29, 0.717) is 28.5 Å². The molecule has 0 amide bonds. The van der Waals surface area contributed by atoms with E-state index in [1.807, 2.05) is 13.0 Å². The molecule has 3 aromatic rings. The van der Waals surface area contributed by atoms with Crippen LogP contribution in [0, 0.1) is 5.82 Å². The maximum Gasteiger partial charge on any atom is 0.162 e. The second-order valence-electron chi connectivity index (χ2n) is 8.52. The minimum atomic E-state index is -2.13. The Morgan fingerprint density at radius 2 is 1.97 bits per heavy atom. The molecule has 7 nitrogen and oxygen atoms in total. The summed E-state index contributed by atoms with van der Waals surface area (Å²) in [5.74, 6) is 5.04. The number of aromatic nitrogens is 2. The number of halogens is 2. The van der Waals surface area contributed by atoms with E-state index < -0.39 is 15.3 Å². The van der Waals surface area contributed by atoms with Crippen molar-refractivity contribution in [2.24, 2.45) is 0 Å². The van der Waals surface area contributed by atoms with E-state index >= 15 is 0 Å². The van der Waals surface area contributed by atoms with Gasteiger partial charge in [-0.05, 0) is 59.4 Å². The molecule has 0 saturated carbocycles. The van der Waals surface area contributed by atoms with Crippen molar-refractivity contribution in [2.75, 3.05) is 31.8 Å². The second-order valence-corrected chi connectivity index (χ2v) is 11.8. The molecule has 2 atom stereocenters. The Kier molecular flexibility index (Phi) is 7.16. The van der Waals surface area contributed by atoms with Crippen LogP contribution in [0.2, 0.25) is 5.02 Å². The highest BCUT2D eigenvalue weighted by molar-refractivity contribution is 8.00. The predicted molar refractivity (Wildman–Crippen MR) is 137 cm³/mol. The van der Waals surface area contributed by atoms with Crippen molar-refractivity contribution >= 4 is 49.4 Å². The van der Waals surface area contributed by atoms with Gasteiger partial charge in [-0.3, -0.25) is 9.11 Å². The highest BCUT2D eigenvalue weighted by atomic mass is 35.5. The number of ether oxygens (including phenoxy) is 2. The van der Waals surface area contributed by atoms with Gasteiger partial charge in [0.25, 0.3) is 0 Å². The van der Waals surface area contributed by atoms with Crippen LogP contribution in [0.15, 0.2) is 36.7 Å². The first-order valence-corrected chi connectivity index (χ1v) is 13.5. The fraction of sp³-hybridized carbons (Fsp3) is 0.375. The third kappa shape index (κ3) is 5.37. The number of methoxy groups -OCH3 is 1. The topological polar surface area (TPSA) is 76.6 Å². The van der Waals surface area contributed by atoms with E-state index in [9.17, 15) is 8.60 Å². The van der Waals surface area contributed by atoms with Crippen LogP contribution in [0.5, 0.6) is 11.5 Å². The van der Waals surface area contributed by atoms with Gasteiger partial charge in [0.05, 0.1) is 23.0 Å². The molecule has 182 valence electrons. The molecule has 2 unspecified atom stereocenters. The van der Waals surface area contributed by atoms with Gasteiger partial charge in [-0.1, -0.05) is 11.6 Å². The van der Waals surface area contributed by atoms with E-state index in [2.05, 4.69) is 26.1 Å². The van der Waals surface area contributed by atoms with E-state index in [4.69, 9.17) is 21.1 Å². The second kappa shape index (κ2) is 9.93. The molecule has 1 fully saturated rings. The third-order valence-corrected chi connectivity index (χ3v) is 8.14. The van der Waals surface area contributed by atoms with Crippen molar-refractivity contribution in [3.05, 3.63) is 47.5 Å².